The highest BCUT2D eigenvalue weighted by Crippen LogP contribution is 2.19. The molecule has 4 rings (SSSR count). The quantitative estimate of drug-likeness (QED) is 0.0295. The summed E-state index contributed by atoms with van der Waals surface area (Å²) in [6, 6.07) is 15.6. The lowest BCUT2D eigenvalue weighted by molar-refractivity contribution is -0.141. The van der Waals surface area contributed by atoms with Crippen LogP contribution in [0.4, 0.5) is 10.5 Å². The molecule has 16 N–H and O–H groups in total. The van der Waals surface area contributed by atoms with Crippen molar-refractivity contribution in [3.8, 4) is 0 Å². The van der Waals surface area contributed by atoms with E-state index in [4.69, 9.17) is 40.3 Å². The Bertz CT molecular complexity index is 2490. The van der Waals surface area contributed by atoms with Gasteiger partial charge in [-0.3, -0.25) is 48.4 Å². The number of amides is 7. The summed E-state index contributed by atoms with van der Waals surface area (Å²) in [6.07, 6.45) is 0.150. The second-order valence-electron chi connectivity index (χ2n) is 18.3. The van der Waals surface area contributed by atoms with Gasteiger partial charge in [0.25, 0.3) is 0 Å². The third-order valence-corrected chi connectivity index (χ3v) is 12.5. The van der Waals surface area contributed by atoms with Gasteiger partial charge < -0.3 is 64.8 Å². The first-order valence-corrected chi connectivity index (χ1v) is 24.8. The highest BCUT2D eigenvalue weighted by molar-refractivity contribution is 7.80. The highest BCUT2D eigenvalue weighted by atomic mass is 32.1. The van der Waals surface area contributed by atoms with Crippen LogP contribution < -0.4 is 49.5 Å². The predicted molar refractivity (Wildman–Crippen MR) is 281 cm³/mol. The first-order chi connectivity index (χ1) is 35.6. The third kappa shape index (κ3) is 22.6. The molecule has 3 aromatic carbocycles. The summed E-state index contributed by atoms with van der Waals surface area (Å²) in [5, 5.41) is 43.5. The number of rotatable bonds is 27. The van der Waals surface area contributed by atoms with Gasteiger partial charge in [-0.1, -0.05) is 54.6 Å². The summed E-state index contributed by atoms with van der Waals surface area (Å²) >= 11 is 5.73. The SMILES string of the molecule is NC(=O)CN1CCN(CC(N)=O)CCN(CC(N)=O)C(Cc2ccc(NC(=S)NC(Cc3ccc4ccccc4c3)C(=O)NCCCCC(NC(=O)NC(CCC(=O)O)C(=O)O)C(=O)O)cc2)CN(CC(N)=O)CC1. The number of aliphatic carboxylic acids is 3. The number of carbonyl (C=O) groups is 9. The first kappa shape index (κ1) is 60.0. The van der Waals surface area contributed by atoms with E-state index in [2.05, 4.69) is 26.6 Å². The molecule has 4 atom stereocenters. The van der Waals surface area contributed by atoms with Gasteiger partial charge in [0.1, 0.15) is 18.1 Å². The van der Waals surface area contributed by atoms with Crippen LogP contribution in [0.2, 0.25) is 0 Å². The molecule has 1 fully saturated rings. The van der Waals surface area contributed by atoms with Crippen molar-refractivity contribution in [2.75, 3.05) is 83.9 Å². The molecule has 25 nitrogen and oxygen atoms in total. The second-order valence-corrected chi connectivity index (χ2v) is 18.7. The van der Waals surface area contributed by atoms with Gasteiger partial charge in [0.2, 0.25) is 29.5 Å². The minimum Gasteiger partial charge on any atom is -0.481 e. The number of carboxylic acids is 3. The summed E-state index contributed by atoms with van der Waals surface area (Å²) in [5.74, 6) is -6.75. The van der Waals surface area contributed by atoms with Crippen molar-refractivity contribution in [3.63, 3.8) is 0 Å². The van der Waals surface area contributed by atoms with E-state index in [1.54, 1.807) is 12.1 Å². The summed E-state index contributed by atoms with van der Waals surface area (Å²) < 4.78 is 0. The number of hydrogen-bond donors (Lipinski definition) is 12. The number of nitrogens with two attached hydrogens (primary N) is 4. The molecule has 75 heavy (non-hydrogen) atoms. The van der Waals surface area contributed by atoms with E-state index in [1.165, 1.54) is 0 Å². The fourth-order valence-corrected chi connectivity index (χ4v) is 8.81. The Morgan fingerprint density at radius 1 is 0.600 bits per heavy atom. The van der Waals surface area contributed by atoms with Crippen molar-refractivity contribution in [1.82, 2.24) is 40.9 Å². The van der Waals surface area contributed by atoms with Crippen molar-refractivity contribution < 1.29 is 58.5 Å². The molecule has 1 aliphatic rings. The maximum absolute atomic E-state index is 13.8. The smallest absolute Gasteiger partial charge is 0.326 e. The fourth-order valence-electron chi connectivity index (χ4n) is 8.55. The number of nitrogens with one attached hydrogen (secondary N) is 5. The van der Waals surface area contributed by atoms with E-state index in [1.807, 2.05) is 74.2 Å². The Balaban J connectivity index is 1.46. The van der Waals surface area contributed by atoms with Gasteiger partial charge in [-0.15, -0.1) is 0 Å². The monoisotopic (exact) mass is 1060 g/mol. The van der Waals surface area contributed by atoms with Crippen molar-refractivity contribution in [3.05, 3.63) is 77.9 Å². The molecule has 0 saturated carbocycles. The van der Waals surface area contributed by atoms with Crippen LogP contribution in [0.5, 0.6) is 0 Å². The number of benzene rings is 3. The third-order valence-electron chi connectivity index (χ3n) is 12.3. The summed E-state index contributed by atoms with van der Waals surface area (Å²) in [6.45, 7) is 2.12. The van der Waals surface area contributed by atoms with Crippen LogP contribution in [-0.2, 0) is 51.2 Å². The Morgan fingerprint density at radius 2 is 1.13 bits per heavy atom. The van der Waals surface area contributed by atoms with Crippen LogP contribution in [0.1, 0.15) is 43.2 Å². The predicted octanol–water partition coefficient (Wildman–Crippen LogP) is -1.83. The molecule has 408 valence electrons. The second kappa shape index (κ2) is 30.6. The summed E-state index contributed by atoms with van der Waals surface area (Å²) in [7, 11) is 0. The molecule has 3 aromatic rings. The van der Waals surface area contributed by atoms with Gasteiger partial charge >= 0.3 is 23.9 Å². The lowest BCUT2D eigenvalue weighted by atomic mass is 10.0. The molecule has 1 aliphatic heterocycles. The topological polar surface area (TPSA) is 392 Å². The number of carbonyl (C=O) groups excluding carboxylic acids is 6. The van der Waals surface area contributed by atoms with Crippen molar-refractivity contribution in [1.29, 1.82) is 0 Å². The molecule has 0 aromatic heterocycles. The number of carboxylic acid groups (broad SMARTS) is 3. The van der Waals surface area contributed by atoms with E-state index < -0.39 is 90.5 Å². The van der Waals surface area contributed by atoms with Crippen LogP contribution >= 0.6 is 12.2 Å². The Labute approximate surface area is 439 Å². The lowest BCUT2D eigenvalue weighted by Crippen LogP contribution is -2.54. The fraction of sp³-hybridized carbons (Fsp3) is 0.469. The number of nitrogens with zero attached hydrogens (tertiary/aromatic N) is 4. The first-order valence-electron chi connectivity index (χ1n) is 24.3. The van der Waals surface area contributed by atoms with E-state index in [-0.39, 0.29) is 63.6 Å². The molecule has 1 saturated heterocycles. The number of thiocarbonyl (C=S) groups is 1. The number of anilines is 1. The number of primary amides is 4. The van der Waals surface area contributed by atoms with E-state index >= 15 is 0 Å². The average Bonchev–Trinajstić information content (AvgIpc) is 3.33. The normalized spacial score (nSPS) is 16.4. The number of hydrogen-bond acceptors (Lipinski definition) is 14. The Morgan fingerprint density at radius 3 is 1.71 bits per heavy atom. The largest absolute Gasteiger partial charge is 0.481 e. The molecule has 1 heterocycles. The van der Waals surface area contributed by atoms with Gasteiger partial charge in [-0.2, -0.15) is 0 Å². The maximum Gasteiger partial charge on any atom is 0.326 e. The molecule has 0 aliphatic carbocycles. The van der Waals surface area contributed by atoms with Crippen molar-refractivity contribution in [2.24, 2.45) is 22.9 Å². The molecule has 0 bridgehead atoms. The molecule has 4 unspecified atom stereocenters. The standard InChI is InChI=1S/C49H69N13O12S/c50-40(63)27-59-17-18-60(28-41(51)64)21-22-62(30-43(53)66)36(26-61(20-19-59)29-42(52)65)24-31-9-12-35(13-10-31)55-49(75)58-39(25-32-8-11-33-5-1-2-6-34(33)23-32)45(69)54-16-4-3-7-37(46(70)71)56-48(74)57-38(47(72)73)14-15-44(67)68/h1-2,5-6,8-13,23,36-39H,3-4,7,14-22,24-30H2,(H2,50,63)(H2,51,64)(H2,52,65)(H2,53,66)(H,54,69)(H,67,68)(H,70,71)(H,72,73)(H2,55,58,75)(H2,56,57,74). The van der Waals surface area contributed by atoms with E-state index in [0.717, 1.165) is 21.9 Å². The molecule has 0 radical (unpaired) electrons. The van der Waals surface area contributed by atoms with Gasteiger partial charge in [0.15, 0.2) is 5.11 Å². The number of urea groups is 1. The Kier molecular flexibility index (Phi) is 24.5. The van der Waals surface area contributed by atoms with Crippen molar-refractivity contribution >= 4 is 87.3 Å². The van der Waals surface area contributed by atoms with Crippen LogP contribution in [-0.4, -0.2) is 196 Å². The zero-order chi connectivity index (χ0) is 55.0. The number of unbranched alkanes of at least 4 members (excludes halogenated alkanes) is 1. The van der Waals surface area contributed by atoms with E-state index in [0.29, 0.717) is 57.8 Å². The molecular formula is C49H69N13O12S. The average molecular weight is 1060 g/mol. The van der Waals surface area contributed by atoms with Gasteiger partial charge in [-0.05, 0) is 78.4 Å². The summed E-state index contributed by atoms with van der Waals surface area (Å²) in [4.78, 5) is 117. The minimum absolute atomic E-state index is 0.0464. The van der Waals surface area contributed by atoms with Gasteiger partial charge in [-0.25, -0.2) is 14.4 Å². The van der Waals surface area contributed by atoms with Crippen LogP contribution in [0.25, 0.3) is 10.8 Å². The molecule has 0 spiro atoms. The molecular weight excluding hydrogens is 995 g/mol. The zero-order valence-electron chi connectivity index (χ0n) is 41.6. The zero-order valence-corrected chi connectivity index (χ0v) is 42.4. The van der Waals surface area contributed by atoms with E-state index in [9.17, 15) is 53.4 Å². The highest BCUT2D eigenvalue weighted by Gasteiger charge is 2.28. The summed E-state index contributed by atoms with van der Waals surface area (Å²) in [5.41, 5.74) is 24.8. The minimum atomic E-state index is -1.55. The van der Waals surface area contributed by atoms with Gasteiger partial charge in [0.05, 0.1) is 26.2 Å². The van der Waals surface area contributed by atoms with Crippen LogP contribution in [0, 0.1) is 0 Å². The van der Waals surface area contributed by atoms with Gasteiger partial charge in [0, 0.05) is 76.9 Å². The van der Waals surface area contributed by atoms with Crippen LogP contribution in [0.3, 0.4) is 0 Å². The van der Waals surface area contributed by atoms with Crippen LogP contribution in [0.15, 0.2) is 66.7 Å². The van der Waals surface area contributed by atoms with Crippen molar-refractivity contribution in [2.45, 2.75) is 69.1 Å². The molecule has 7 amide bonds. The lowest BCUT2D eigenvalue weighted by Gasteiger charge is -2.38. The molecule has 26 heteroatoms. The number of fused-ring (bicyclic) bond motifs is 1. The maximum atomic E-state index is 13.8. The Hall–Kier alpha value is -7.52.